The lowest BCUT2D eigenvalue weighted by Crippen LogP contribution is -2.07. The number of aromatic nitrogens is 3. The van der Waals surface area contributed by atoms with Gasteiger partial charge in [-0.3, -0.25) is 4.68 Å². The summed E-state index contributed by atoms with van der Waals surface area (Å²) in [5.41, 5.74) is 1.03. The largest absolute Gasteiger partial charge is 0.377 e. The predicted octanol–water partition coefficient (Wildman–Crippen LogP) is 2.95. The van der Waals surface area contributed by atoms with Crippen molar-refractivity contribution in [2.24, 2.45) is 7.05 Å². The van der Waals surface area contributed by atoms with E-state index in [0.717, 1.165) is 20.5 Å². The van der Waals surface area contributed by atoms with E-state index in [9.17, 15) is 0 Å². The molecule has 1 aromatic heterocycles. The summed E-state index contributed by atoms with van der Waals surface area (Å²) < 4.78 is 3.81. The van der Waals surface area contributed by atoms with Gasteiger partial charge in [0.2, 0.25) is 0 Å². The third-order valence-electron chi connectivity index (χ3n) is 2.17. The zero-order chi connectivity index (χ0) is 11.5. The van der Waals surface area contributed by atoms with Crippen LogP contribution in [-0.2, 0) is 13.6 Å². The SMILES string of the molecule is Cn1ncnc1CNc1ccc(Br)cc1Br. The van der Waals surface area contributed by atoms with Crippen LogP contribution in [0.2, 0.25) is 0 Å². The highest BCUT2D eigenvalue weighted by Gasteiger charge is 2.03. The summed E-state index contributed by atoms with van der Waals surface area (Å²) in [6.07, 6.45) is 1.55. The van der Waals surface area contributed by atoms with E-state index in [-0.39, 0.29) is 0 Å². The summed E-state index contributed by atoms with van der Waals surface area (Å²) in [6.45, 7) is 0.650. The Morgan fingerprint density at radius 2 is 2.19 bits per heavy atom. The predicted molar refractivity (Wildman–Crippen MR) is 70.2 cm³/mol. The summed E-state index contributed by atoms with van der Waals surface area (Å²) in [5, 5.41) is 7.30. The molecule has 16 heavy (non-hydrogen) atoms. The fourth-order valence-corrected chi connectivity index (χ4v) is 2.47. The third-order valence-corrected chi connectivity index (χ3v) is 3.32. The second-order valence-electron chi connectivity index (χ2n) is 3.28. The molecule has 0 aliphatic heterocycles. The van der Waals surface area contributed by atoms with E-state index in [4.69, 9.17) is 0 Å². The van der Waals surface area contributed by atoms with Gasteiger partial charge in [-0.15, -0.1) is 0 Å². The van der Waals surface area contributed by atoms with Gasteiger partial charge in [0.1, 0.15) is 12.2 Å². The van der Waals surface area contributed by atoms with Crippen LogP contribution in [-0.4, -0.2) is 14.8 Å². The molecule has 0 aliphatic carbocycles. The lowest BCUT2D eigenvalue weighted by Gasteiger charge is -2.08. The Bertz CT molecular complexity index is 495. The van der Waals surface area contributed by atoms with E-state index in [1.165, 1.54) is 0 Å². The lowest BCUT2D eigenvalue weighted by atomic mass is 10.3. The highest BCUT2D eigenvalue weighted by molar-refractivity contribution is 9.11. The third kappa shape index (κ3) is 2.62. The molecule has 0 spiro atoms. The van der Waals surface area contributed by atoms with Crippen molar-refractivity contribution < 1.29 is 0 Å². The van der Waals surface area contributed by atoms with E-state index in [2.05, 4.69) is 47.3 Å². The monoisotopic (exact) mass is 344 g/mol. The van der Waals surface area contributed by atoms with Gasteiger partial charge in [0, 0.05) is 21.7 Å². The van der Waals surface area contributed by atoms with Crippen molar-refractivity contribution in [2.75, 3.05) is 5.32 Å². The number of nitrogens with one attached hydrogen (secondary N) is 1. The van der Waals surface area contributed by atoms with Crippen LogP contribution in [0.1, 0.15) is 5.82 Å². The lowest BCUT2D eigenvalue weighted by molar-refractivity contribution is 0.712. The fourth-order valence-electron chi connectivity index (χ4n) is 1.29. The second-order valence-corrected chi connectivity index (χ2v) is 5.05. The number of halogens is 2. The van der Waals surface area contributed by atoms with Crippen molar-refractivity contribution in [3.8, 4) is 0 Å². The summed E-state index contributed by atoms with van der Waals surface area (Å²) >= 11 is 6.91. The van der Waals surface area contributed by atoms with E-state index < -0.39 is 0 Å². The zero-order valence-corrected chi connectivity index (χ0v) is 11.8. The average molecular weight is 346 g/mol. The first-order chi connectivity index (χ1) is 7.66. The normalized spacial score (nSPS) is 10.4. The number of rotatable bonds is 3. The van der Waals surface area contributed by atoms with E-state index in [1.54, 1.807) is 11.0 Å². The summed E-state index contributed by atoms with van der Waals surface area (Å²) in [6, 6.07) is 5.99. The smallest absolute Gasteiger partial charge is 0.145 e. The Morgan fingerprint density at radius 1 is 1.38 bits per heavy atom. The van der Waals surface area contributed by atoms with Crippen molar-refractivity contribution in [1.29, 1.82) is 0 Å². The number of aryl methyl sites for hydroxylation is 1. The van der Waals surface area contributed by atoms with Gasteiger partial charge in [-0.05, 0) is 34.1 Å². The van der Waals surface area contributed by atoms with Gasteiger partial charge in [0.05, 0.1) is 6.54 Å². The van der Waals surface area contributed by atoms with E-state index in [1.807, 2.05) is 25.2 Å². The minimum atomic E-state index is 0.650. The van der Waals surface area contributed by atoms with Gasteiger partial charge in [0.25, 0.3) is 0 Å². The Morgan fingerprint density at radius 3 is 2.81 bits per heavy atom. The summed E-state index contributed by atoms with van der Waals surface area (Å²) in [7, 11) is 1.88. The van der Waals surface area contributed by atoms with Crippen LogP contribution in [0.15, 0.2) is 33.5 Å². The van der Waals surface area contributed by atoms with Crippen LogP contribution in [0, 0.1) is 0 Å². The van der Waals surface area contributed by atoms with Gasteiger partial charge < -0.3 is 5.32 Å². The molecule has 0 atom stereocenters. The van der Waals surface area contributed by atoms with Crippen LogP contribution < -0.4 is 5.32 Å². The topological polar surface area (TPSA) is 42.7 Å². The van der Waals surface area contributed by atoms with Crippen molar-refractivity contribution in [1.82, 2.24) is 14.8 Å². The van der Waals surface area contributed by atoms with E-state index in [0.29, 0.717) is 6.54 Å². The van der Waals surface area contributed by atoms with Crippen LogP contribution in [0.4, 0.5) is 5.69 Å². The van der Waals surface area contributed by atoms with Crippen LogP contribution in [0.5, 0.6) is 0 Å². The molecule has 6 heteroatoms. The van der Waals surface area contributed by atoms with Gasteiger partial charge in [-0.1, -0.05) is 15.9 Å². The molecule has 4 nitrogen and oxygen atoms in total. The Kier molecular flexibility index (Phi) is 3.60. The fraction of sp³-hybridized carbons (Fsp3) is 0.200. The maximum atomic E-state index is 4.14. The van der Waals surface area contributed by atoms with Crippen LogP contribution in [0.3, 0.4) is 0 Å². The minimum absolute atomic E-state index is 0.650. The van der Waals surface area contributed by atoms with Gasteiger partial charge >= 0.3 is 0 Å². The standard InChI is InChI=1S/C10H10Br2N4/c1-16-10(14-6-15-16)5-13-9-3-2-7(11)4-8(9)12/h2-4,6,13H,5H2,1H3. The molecule has 0 radical (unpaired) electrons. The molecule has 2 rings (SSSR count). The molecule has 0 saturated carbocycles. The Hall–Kier alpha value is -0.880. The summed E-state index contributed by atoms with van der Waals surface area (Å²) in [5.74, 6) is 0.898. The first-order valence-electron chi connectivity index (χ1n) is 4.68. The first kappa shape index (κ1) is 11.6. The molecule has 0 fully saturated rings. The number of nitrogens with zero attached hydrogens (tertiary/aromatic N) is 3. The molecule has 1 N–H and O–H groups in total. The second kappa shape index (κ2) is 4.97. The number of anilines is 1. The highest BCUT2D eigenvalue weighted by atomic mass is 79.9. The van der Waals surface area contributed by atoms with Crippen molar-refractivity contribution in [2.45, 2.75) is 6.54 Å². The molecular weight excluding hydrogens is 336 g/mol. The molecule has 0 unspecified atom stereocenters. The maximum Gasteiger partial charge on any atom is 0.145 e. The minimum Gasteiger partial charge on any atom is -0.377 e. The molecule has 84 valence electrons. The number of hydrogen-bond acceptors (Lipinski definition) is 3. The van der Waals surface area contributed by atoms with E-state index >= 15 is 0 Å². The summed E-state index contributed by atoms with van der Waals surface area (Å²) in [4.78, 5) is 4.14. The quantitative estimate of drug-likeness (QED) is 0.930. The van der Waals surface area contributed by atoms with Crippen LogP contribution >= 0.6 is 31.9 Å². The van der Waals surface area contributed by atoms with Crippen LogP contribution in [0.25, 0.3) is 0 Å². The molecular formula is C10H10Br2N4. The zero-order valence-electron chi connectivity index (χ0n) is 8.61. The molecule has 0 amide bonds. The Labute approximate surface area is 110 Å². The Balaban J connectivity index is 2.08. The number of hydrogen-bond donors (Lipinski definition) is 1. The number of benzene rings is 1. The van der Waals surface area contributed by atoms with Crippen molar-refractivity contribution in [3.63, 3.8) is 0 Å². The van der Waals surface area contributed by atoms with Crippen molar-refractivity contribution >= 4 is 37.5 Å². The maximum absolute atomic E-state index is 4.14. The molecule has 2 aromatic rings. The van der Waals surface area contributed by atoms with Gasteiger partial charge in [-0.25, -0.2) is 4.98 Å². The van der Waals surface area contributed by atoms with Gasteiger partial charge in [-0.2, -0.15) is 5.10 Å². The van der Waals surface area contributed by atoms with Crippen molar-refractivity contribution in [3.05, 3.63) is 39.3 Å². The highest BCUT2D eigenvalue weighted by Crippen LogP contribution is 2.26. The first-order valence-corrected chi connectivity index (χ1v) is 6.27. The molecule has 0 bridgehead atoms. The molecule has 1 heterocycles. The molecule has 0 aliphatic rings. The van der Waals surface area contributed by atoms with Gasteiger partial charge in [0.15, 0.2) is 0 Å². The average Bonchev–Trinajstić information content (AvgIpc) is 2.63. The molecule has 1 aromatic carbocycles. The molecule has 0 saturated heterocycles.